The fraction of sp³-hybridized carbons (Fsp3) is 0.475. The number of likely N-dealkylation sites (tertiary alicyclic amines) is 1. The Labute approximate surface area is 456 Å². The van der Waals surface area contributed by atoms with Crippen molar-refractivity contribution in [2.45, 2.75) is 117 Å². The van der Waals surface area contributed by atoms with Gasteiger partial charge in [-0.3, -0.25) is 25.0 Å². The van der Waals surface area contributed by atoms with Crippen molar-refractivity contribution in [1.29, 1.82) is 0 Å². The van der Waals surface area contributed by atoms with E-state index in [4.69, 9.17) is 37.6 Å². The molecule has 77 heavy (non-hydrogen) atoms. The Hall–Kier alpha value is -6.89. The highest BCUT2D eigenvalue weighted by molar-refractivity contribution is 6.74. The van der Waals surface area contributed by atoms with Crippen molar-refractivity contribution in [1.82, 2.24) is 9.80 Å². The van der Waals surface area contributed by atoms with Crippen molar-refractivity contribution in [3.63, 3.8) is 0 Å². The number of nitrogens with one attached hydrogen (secondary N) is 2. The minimum atomic E-state index is -2.10. The summed E-state index contributed by atoms with van der Waals surface area (Å²) in [7, 11) is -0.616. The molecule has 2 N–H and O–H groups in total. The van der Waals surface area contributed by atoms with Crippen LogP contribution < -0.4 is 29.6 Å². The first kappa shape index (κ1) is 61.0. The van der Waals surface area contributed by atoms with Crippen molar-refractivity contribution in [2.24, 2.45) is 0 Å². The van der Waals surface area contributed by atoms with E-state index in [-0.39, 0.29) is 71.5 Å². The molecule has 3 aromatic carbocycles. The topological polar surface area (TPSA) is 190 Å². The molecule has 0 saturated carbocycles. The maximum absolute atomic E-state index is 14.5. The Bertz CT molecular complexity index is 2610. The van der Waals surface area contributed by atoms with Gasteiger partial charge in [0, 0.05) is 37.3 Å². The molecule has 0 unspecified atom stereocenters. The summed E-state index contributed by atoms with van der Waals surface area (Å²) in [6, 6.07) is 13.8. The zero-order valence-electron chi connectivity index (χ0n) is 46.6. The third kappa shape index (κ3) is 17.6. The third-order valence-corrected chi connectivity index (χ3v) is 18.3. The summed E-state index contributed by atoms with van der Waals surface area (Å²) in [5.74, 6) is 1.27. The first-order valence-electron chi connectivity index (χ1n) is 26.4. The average molecular weight is 1080 g/mol. The third-order valence-electron chi connectivity index (χ3n) is 13.8. The summed E-state index contributed by atoms with van der Waals surface area (Å²) >= 11 is 0. The highest BCUT2D eigenvalue weighted by Crippen LogP contribution is 2.40. The van der Waals surface area contributed by atoms with Gasteiger partial charge in [-0.2, -0.15) is 0 Å². The predicted octanol–water partition coefficient (Wildman–Crippen LogP) is 11.9. The summed E-state index contributed by atoms with van der Waals surface area (Å²) < 4.78 is 46.5. The van der Waals surface area contributed by atoms with Crippen molar-refractivity contribution in [3.8, 4) is 23.0 Å². The van der Waals surface area contributed by atoms with Gasteiger partial charge in [0.25, 0.3) is 11.8 Å². The normalized spacial score (nSPS) is 15.3. The molecule has 2 heterocycles. The molecule has 1 fully saturated rings. The number of ketones is 1. The SMILES string of the molecule is C=CCOC(=O)Nc1cc(OCCCCCOc2cc(NC(=O)OCC=C)c(C(=O)N3CC(=C)C[C@H]3CO[Si](C)(C)C(C)(C)C)cc2C)c(OC)cc1C(=O)N1C=C(c2ccc(OCCOCCC(C)=O)cc2)C[C@H]1CC. The molecule has 0 spiro atoms. The lowest BCUT2D eigenvalue weighted by Crippen LogP contribution is -2.46. The molecule has 2 atom stereocenters. The van der Waals surface area contributed by atoms with Crippen molar-refractivity contribution in [2.75, 3.05) is 77.1 Å². The van der Waals surface area contributed by atoms with E-state index in [1.54, 1.807) is 34.1 Å². The molecular weight excluding hydrogens is 1000 g/mol. The number of rotatable bonds is 29. The minimum Gasteiger partial charge on any atom is -0.493 e. The molecule has 3 aromatic rings. The molecule has 0 radical (unpaired) electrons. The molecule has 0 aromatic heterocycles. The smallest absolute Gasteiger partial charge is 0.411 e. The monoisotopic (exact) mass is 1080 g/mol. The van der Waals surface area contributed by atoms with Gasteiger partial charge < -0.3 is 47.4 Å². The van der Waals surface area contributed by atoms with Gasteiger partial charge in [-0.1, -0.05) is 77.3 Å². The molecule has 18 heteroatoms. The summed E-state index contributed by atoms with van der Waals surface area (Å²) in [5.41, 5.74) is 4.47. The van der Waals surface area contributed by atoms with E-state index in [2.05, 4.69) is 64.2 Å². The van der Waals surface area contributed by atoms with Crippen LogP contribution in [0.15, 0.2) is 92.2 Å². The number of unbranched alkanes of at least 4 members (excludes halogenated alkanes) is 2. The number of hydrogen-bond donors (Lipinski definition) is 2. The summed E-state index contributed by atoms with van der Waals surface area (Å²) in [6.07, 6.45) is 7.51. The maximum Gasteiger partial charge on any atom is 0.411 e. The van der Waals surface area contributed by atoms with E-state index in [0.29, 0.717) is 119 Å². The van der Waals surface area contributed by atoms with Gasteiger partial charge in [0.05, 0.1) is 68.7 Å². The van der Waals surface area contributed by atoms with E-state index < -0.39 is 20.5 Å². The molecule has 4 amide bonds. The maximum atomic E-state index is 14.5. The number of carbonyl (C=O) groups is 5. The quantitative estimate of drug-likeness (QED) is 0.0380. The number of anilines is 2. The van der Waals surface area contributed by atoms with Crippen LogP contribution in [-0.2, 0) is 23.4 Å². The second-order valence-electron chi connectivity index (χ2n) is 20.7. The van der Waals surface area contributed by atoms with Crippen molar-refractivity contribution >= 4 is 55.0 Å². The Morgan fingerprint density at radius 1 is 0.753 bits per heavy atom. The lowest BCUT2D eigenvalue weighted by atomic mass is 10.0. The molecule has 2 aliphatic heterocycles. The van der Waals surface area contributed by atoms with Gasteiger partial charge in [-0.15, -0.1) is 0 Å². The van der Waals surface area contributed by atoms with E-state index in [9.17, 15) is 24.0 Å². The lowest BCUT2D eigenvalue weighted by Gasteiger charge is -2.38. The molecule has 418 valence electrons. The first-order chi connectivity index (χ1) is 36.7. The van der Waals surface area contributed by atoms with E-state index in [1.807, 2.05) is 44.3 Å². The van der Waals surface area contributed by atoms with Crippen LogP contribution in [0.1, 0.15) is 111 Å². The predicted molar refractivity (Wildman–Crippen MR) is 302 cm³/mol. The largest absolute Gasteiger partial charge is 0.493 e. The summed E-state index contributed by atoms with van der Waals surface area (Å²) in [4.78, 5) is 69.3. The molecule has 0 aliphatic carbocycles. The number of hydrogen-bond acceptors (Lipinski definition) is 13. The van der Waals surface area contributed by atoms with Gasteiger partial charge in [0.2, 0.25) is 0 Å². The van der Waals surface area contributed by atoms with Crippen LogP contribution >= 0.6 is 0 Å². The molecule has 1 saturated heterocycles. The van der Waals surface area contributed by atoms with Crippen LogP contribution in [0.5, 0.6) is 23.0 Å². The molecule has 5 rings (SSSR count). The lowest BCUT2D eigenvalue weighted by molar-refractivity contribution is -0.118. The molecular formula is C59H80N4O13Si. The first-order valence-corrected chi connectivity index (χ1v) is 29.3. The fourth-order valence-electron chi connectivity index (χ4n) is 8.36. The number of amides is 4. The number of Topliss-reactive ketones (excluding diaryl/α,β-unsaturated/α-hetero) is 1. The van der Waals surface area contributed by atoms with E-state index in [0.717, 1.165) is 16.7 Å². The number of nitrogens with zero attached hydrogens (tertiary/aromatic N) is 2. The number of ether oxygens (including phenoxy) is 7. The summed E-state index contributed by atoms with van der Waals surface area (Å²) in [5, 5.41) is 5.49. The standard InChI is InChI=1S/C59H80N4O13Si/c1-13-24-74-57(67)60-50-35-52(41(5)32-48(50)55(65)62-37-40(4)31-46(62)39-76-77(11,12)59(7,8)9)72-26-17-16-18-27-73-54-36-51(61-58(68)75-25-14-2)49(34-53(54)69-10)56(66)63-38-44(33-45(63)15-3)43-19-21-47(22-20-43)71-30-29-70-28-23-42(6)64/h13-14,19-22,32,34-36,38,45-46H,1-2,4,15-18,23-31,33,37,39H2,3,5-12H3,(H,60,67)(H,61,68)/t45-,46+/m1/s1. The van der Waals surface area contributed by atoms with Crippen molar-refractivity contribution in [3.05, 3.63) is 114 Å². The van der Waals surface area contributed by atoms with Crippen LogP contribution in [0.25, 0.3) is 5.57 Å². The van der Waals surface area contributed by atoms with Gasteiger partial charge in [-0.25, -0.2) is 9.59 Å². The fourth-order valence-corrected chi connectivity index (χ4v) is 9.40. The Balaban J connectivity index is 1.23. The molecule has 0 bridgehead atoms. The van der Waals surface area contributed by atoms with Crippen molar-refractivity contribution < 1.29 is 61.6 Å². The average Bonchev–Trinajstić information content (AvgIpc) is 4.02. The number of aryl methyl sites for hydroxylation is 1. The molecule has 2 aliphatic rings. The van der Waals surface area contributed by atoms with Gasteiger partial charge in [0.1, 0.15) is 37.1 Å². The van der Waals surface area contributed by atoms with Crippen LogP contribution in [0.4, 0.5) is 21.0 Å². The van der Waals surface area contributed by atoms with Crippen LogP contribution in [-0.4, -0.2) is 126 Å². The Kier molecular flexibility index (Phi) is 23.0. The minimum absolute atomic E-state index is 0.00272. The zero-order valence-corrected chi connectivity index (χ0v) is 47.6. The summed E-state index contributed by atoms with van der Waals surface area (Å²) in [6.45, 7) is 30.2. The zero-order chi connectivity index (χ0) is 56.3. The van der Waals surface area contributed by atoms with Crippen LogP contribution in [0, 0.1) is 6.92 Å². The highest BCUT2D eigenvalue weighted by atomic mass is 28.4. The van der Waals surface area contributed by atoms with Gasteiger partial charge in [-0.05, 0) is 111 Å². The Morgan fingerprint density at radius 3 is 1.95 bits per heavy atom. The van der Waals surface area contributed by atoms with Gasteiger partial charge in [0.15, 0.2) is 19.8 Å². The number of benzene rings is 3. The second kappa shape index (κ2) is 29.0. The van der Waals surface area contributed by atoms with E-state index >= 15 is 0 Å². The molecule has 17 nitrogen and oxygen atoms in total. The number of methoxy groups -OCH3 is 1. The second-order valence-corrected chi connectivity index (χ2v) is 25.5. The van der Waals surface area contributed by atoms with E-state index in [1.165, 1.54) is 26.2 Å². The highest BCUT2D eigenvalue weighted by Gasteiger charge is 2.40. The van der Waals surface area contributed by atoms with Gasteiger partial charge >= 0.3 is 12.2 Å². The van der Waals surface area contributed by atoms with Crippen LogP contribution in [0.3, 0.4) is 0 Å². The Morgan fingerprint density at radius 2 is 1.36 bits per heavy atom. The van der Waals surface area contributed by atoms with Crippen LogP contribution in [0.2, 0.25) is 18.1 Å². The number of carbonyl (C=O) groups excluding carboxylic acids is 5.